The first-order valence-corrected chi connectivity index (χ1v) is 7.34. The van der Waals surface area contributed by atoms with Crippen molar-refractivity contribution in [3.63, 3.8) is 0 Å². The summed E-state index contributed by atoms with van der Waals surface area (Å²) in [5.41, 5.74) is 9.38. The average molecular weight is 260 g/mol. The molecule has 96 valence electrons. The normalized spacial score (nSPS) is 12.6. The van der Waals surface area contributed by atoms with Crippen molar-refractivity contribution in [1.29, 1.82) is 0 Å². The van der Waals surface area contributed by atoms with Crippen LogP contribution in [0.2, 0.25) is 0 Å². The maximum absolute atomic E-state index is 5.65. The number of aryl methyl sites for hydroxylation is 1. The highest BCUT2D eigenvalue weighted by atomic mass is 32.1. The number of nitrogens with zero attached hydrogens (tertiary/aromatic N) is 1. The van der Waals surface area contributed by atoms with Crippen molar-refractivity contribution in [2.24, 2.45) is 11.7 Å². The topological polar surface area (TPSA) is 38.9 Å². The molecule has 0 fully saturated rings. The highest BCUT2D eigenvalue weighted by Gasteiger charge is 2.07. The first kappa shape index (κ1) is 13.2. The minimum Gasteiger partial charge on any atom is -0.330 e. The smallest absolute Gasteiger partial charge is 0.123 e. The third kappa shape index (κ3) is 3.18. The molecule has 0 saturated heterocycles. The van der Waals surface area contributed by atoms with E-state index in [1.807, 2.05) is 0 Å². The zero-order valence-electron chi connectivity index (χ0n) is 11.0. The third-order valence-electron chi connectivity index (χ3n) is 3.12. The van der Waals surface area contributed by atoms with Crippen LogP contribution in [0.3, 0.4) is 0 Å². The Morgan fingerprint density at radius 3 is 2.61 bits per heavy atom. The molecule has 0 radical (unpaired) electrons. The van der Waals surface area contributed by atoms with E-state index < -0.39 is 0 Å². The van der Waals surface area contributed by atoms with E-state index in [4.69, 9.17) is 5.73 Å². The van der Waals surface area contributed by atoms with Crippen molar-refractivity contribution in [2.45, 2.75) is 26.7 Å². The third-order valence-corrected chi connectivity index (χ3v) is 4.06. The zero-order valence-corrected chi connectivity index (χ0v) is 11.8. The minimum absolute atomic E-state index is 0.502. The van der Waals surface area contributed by atoms with Crippen LogP contribution in [0.15, 0.2) is 29.6 Å². The lowest BCUT2D eigenvalue weighted by molar-refractivity contribution is 0.586. The maximum Gasteiger partial charge on any atom is 0.123 e. The number of aromatic nitrogens is 1. The molecule has 0 bridgehead atoms. The van der Waals surface area contributed by atoms with Gasteiger partial charge < -0.3 is 5.73 Å². The van der Waals surface area contributed by atoms with E-state index >= 15 is 0 Å². The molecule has 1 unspecified atom stereocenters. The summed E-state index contributed by atoms with van der Waals surface area (Å²) >= 11 is 1.72. The van der Waals surface area contributed by atoms with Crippen LogP contribution in [0, 0.1) is 5.92 Å². The Morgan fingerprint density at radius 2 is 2.00 bits per heavy atom. The van der Waals surface area contributed by atoms with Crippen LogP contribution in [0.25, 0.3) is 10.6 Å². The monoisotopic (exact) mass is 260 g/mol. The first-order valence-electron chi connectivity index (χ1n) is 6.46. The van der Waals surface area contributed by atoms with Crippen molar-refractivity contribution >= 4 is 11.3 Å². The second kappa shape index (κ2) is 6.12. The van der Waals surface area contributed by atoms with Crippen molar-refractivity contribution in [1.82, 2.24) is 4.98 Å². The second-order valence-electron chi connectivity index (χ2n) is 4.74. The number of nitrogens with two attached hydrogens (primary N) is 1. The molecule has 18 heavy (non-hydrogen) atoms. The van der Waals surface area contributed by atoms with Crippen LogP contribution in [0.5, 0.6) is 0 Å². The van der Waals surface area contributed by atoms with E-state index in [1.54, 1.807) is 11.3 Å². The highest BCUT2D eigenvalue weighted by molar-refractivity contribution is 7.13. The van der Waals surface area contributed by atoms with Gasteiger partial charge in [-0.3, -0.25) is 0 Å². The van der Waals surface area contributed by atoms with E-state index in [2.05, 4.69) is 48.5 Å². The molecule has 0 aliphatic rings. The standard InChI is InChI=1S/C15H20N2S/c1-3-12-4-6-13(7-5-12)15-17-14(10-18-15)8-11(2)9-16/h4-7,10-11H,3,8-9,16H2,1-2H3. The van der Waals surface area contributed by atoms with E-state index in [1.165, 1.54) is 11.1 Å². The molecule has 0 saturated carbocycles. The molecule has 0 aliphatic heterocycles. The lowest BCUT2D eigenvalue weighted by atomic mass is 10.1. The van der Waals surface area contributed by atoms with Crippen molar-refractivity contribution < 1.29 is 0 Å². The SMILES string of the molecule is CCc1ccc(-c2nc(CC(C)CN)cs2)cc1. The molecule has 0 amide bonds. The average Bonchev–Trinajstić information content (AvgIpc) is 2.87. The Balaban J connectivity index is 2.13. The molecule has 2 aromatic rings. The molecule has 1 atom stereocenters. The Labute approximate surface area is 113 Å². The fraction of sp³-hybridized carbons (Fsp3) is 0.400. The number of rotatable bonds is 5. The van der Waals surface area contributed by atoms with E-state index in [0.717, 1.165) is 30.1 Å². The predicted molar refractivity (Wildman–Crippen MR) is 78.9 cm³/mol. The molecule has 0 aliphatic carbocycles. The maximum atomic E-state index is 5.65. The molecule has 1 aromatic heterocycles. The van der Waals surface area contributed by atoms with Crippen LogP contribution < -0.4 is 5.73 Å². The number of thiazole rings is 1. The lowest BCUT2D eigenvalue weighted by Crippen LogP contribution is -2.13. The Hall–Kier alpha value is -1.19. The Morgan fingerprint density at radius 1 is 1.28 bits per heavy atom. The van der Waals surface area contributed by atoms with Gasteiger partial charge in [-0.05, 0) is 30.9 Å². The fourth-order valence-electron chi connectivity index (χ4n) is 1.86. The zero-order chi connectivity index (χ0) is 13.0. The first-order chi connectivity index (χ1) is 8.72. The molecular weight excluding hydrogens is 240 g/mol. The van der Waals surface area contributed by atoms with Gasteiger partial charge in [0.05, 0.1) is 5.69 Å². The lowest BCUT2D eigenvalue weighted by Gasteiger charge is -2.04. The second-order valence-corrected chi connectivity index (χ2v) is 5.60. The number of benzene rings is 1. The number of hydrogen-bond acceptors (Lipinski definition) is 3. The number of hydrogen-bond donors (Lipinski definition) is 1. The van der Waals surface area contributed by atoms with Crippen molar-refractivity contribution in [3.05, 3.63) is 40.9 Å². The highest BCUT2D eigenvalue weighted by Crippen LogP contribution is 2.25. The summed E-state index contributed by atoms with van der Waals surface area (Å²) in [6.45, 7) is 5.05. The van der Waals surface area contributed by atoms with Crippen LogP contribution >= 0.6 is 11.3 Å². The molecule has 1 aromatic carbocycles. The van der Waals surface area contributed by atoms with Gasteiger partial charge in [-0.15, -0.1) is 11.3 Å². The van der Waals surface area contributed by atoms with Crippen molar-refractivity contribution in [3.8, 4) is 10.6 Å². The van der Waals surface area contributed by atoms with Crippen LogP contribution in [-0.4, -0.2) is 11.5 Å². The molecule has 3 heteroatoms. The quantitative estimate of drug-likeness (QED) is 0.893. The molecular formula is C15H20N2S. The summed E-state index contributed by atoms with van der Waals surface area (Å²) in [7, 11) is 0. The van der Waals surface area contributed by atoms with Gasteiger partial charge in [0.1, 0.15) is 5.01 Å². The minimum atomic E-state index is 0.502. The van der Waals surface area contributed by atoms with Gasteiger partial charge >= 0.3 is 0 Å². The largest absolute Gasteiger partial charge is 0.330 e. The fourth-order valence-corrected chi connectivity index (χ4v) is 2.70. The van der Waals surface area contributed by atoms with Crippen LogP contribution in [-0.2, 0) is 12.8 Å². The van der Waals surface area contributed by atoms with Gasteiger partial charge in [0, 0.05) is 10.9 Å². The van der Waals surface area contributed by atoms with Crippen LogP contribution in [0.4, 0.5) is 0 Å². The van der Waals surface area contributed by atoms with Gasteiger partial charge in [0.25, 0.3) is 0 Å². The molecule has 1 heterocycles. The van der Waals surface area contributed by atoms with E-state index in [-0.39, 0.29) is 0 Å². The predicted octanol–water partition coefficient (Wildman–Crippen LogP) is 3.51. The molecule has 2 rings (SSSR count). The van der Waals surface area contributed by atoms with Crippen molar-refractivity contribution in [2.75, 3.05) is 6.54 Å². The summed E-state index contributed by atoms with van der Waals surface area (Å²) in [5, 5.41) is 3.26. The van der Waals surface area contributed by atoms with E-state index in [9.17, 15) is 0 Å². The molecule has 0 spiro atoms. The van der Waals surface area contributed by atoms with Crippen LogP contribution in [0.1, 0.15) is 25.1 Å². The molecule has 2 nitrogen and oxygen atoms in total. The Bertz CT molecular complexity index is 487. The van der Waals surface area contributed by atoms with Gasteiger partial charge in [-0.2, -0.15) is 0 Å². The molecule has 2 N–H and O–H groups in total. The summed E-state index contributed by atoms with van der Waals surface area (Å²) < 4.78 is 0. The van der Waals surface area contributed by atoms with Gasteiger partial charge in [0.15, 0.2) is 0 Å². The van der Waals surface area contributed by atoms with Gasteiger partial charge in [-0.25, -0.2) is 4.98 Å². The van der Waals surface area contributed by atoms with Gasteiger partial charge in [0.2, 0.25) is 0 Å². The Kier molecular flexibility index (Phi) is 4.50. The summed E-state index contributed by atoms with van der Waals surface area (Å²) in [5.74, 6) is 0.502. The summed E-state index contributed by atoms with van der Waals surface area (Å²) in [4.78, 5) is 4.69. The van der Waals surface area contributed by atoms with Gasteiger partial charge in [-0.1, -0.05) is 38.1 Å². The summed E-state index contributed by atoms with van der Waals surface area (Å²) in [6, 6.07) is 8.68. The summed E-state index contributed by atoms with van der Waals surface area (Å²) in [6.07, 6.45) is 2.05. The van der Waals surface area contributed by atoms with E-state index in [0.29, 0.717) is 5.92 Å².